The molecule has 0 radical (unpaired) electrons. The third-order valence-electron chi connectivity index (χ3n) is 5.06. The molecule has 0 aromatic heterocycles. The van der Waals surface area contributed by atoms with Gasteiger partial charge in [-0.15, -0.1) is 0 Å². The molecule has 1 aromatic rings. The number of ether oxygens (including phenoxy) is 2. The molecule has 1 aromatic carbocycles. The van der Waals surface area contributed by atoms with Crippen LogP contribution >= 0.6 is 0 Å². The maximum atomic E-state index is 13.3. The lowest BCUT2D eigenvalue weighted by Gasteiger charge is -2.34. The van der Waals surface area contributed by atoms with Gasteiger partial charge in [0.25, 0.3) is 0 Å². The lowest BCUT2D eigenvalue weighted by atomic mass is 9.90. The maximum Gasteiger partial charge on any atom is 0.223 e. The van der Waals surface area contributed by atoms with Crippen LogP contribution < -0.4 is 9.47 Å². The van der Waals surface area contributed by atoms with Crippen molar-refractivity contribution in [3.63, 3.8) is 0 Å². The first-order chi connectivity index (χ1) is 13.3. The van der Waals surface area contributed by atoms with E-state index >= 15 is 0 Å². The van der Waals surface area contributed by atoms with Crippen molar-refractivity contribution in [2.24, 2.45) is 5.41 Å². The van der Waals surface area contributed by atoms with Gasteiger partial charge in [0, 0.05) is 30.6 Å². The minimum atomic E-state index is -0.0284. The highest BCUT2D eigenvalue weighted by Crippen LogP contribution is 2.30. The van der Waals surface area contributed by atoms with Crippen molar-refractivity contribution in [1.82, 2.24) is 4.90 Å². The summed E-state index contributed by atoms with van der Waals surface area (Å²) in [6.07, 6.45) is 7.27. The lowest BCUT2D eigenvalue weighted by molar-refractivity contribution is -0.136. The van der Waals surface area contributed by atoms with Gasteiger partial charge in [0.05, 0.1) is 14.2 Å². The summed E-state index contributed by atoms with van der Waals surface area (Å²) in [5.41, 5.74) is 1.00. The first kappa shape index (κ1) is 24.3. The van der Waals surface area contributed by atoms with Gasteiger partial charge < -0.3 is 14.4 Å². The Bertz CT molecular complexity index is 584. The topological polar surface area (TPSA) is 38.8 Å². The van der Waals surface area contributed by atoms with E-state index in [2.05, 4.69) is 39.5 Å². The zero-order valence-electron chi connectivity index (χ0n) is 19.1. The second-order valence-corrected chi connectivity index (χ2v) is 8.88. The Kier molecular flexibility index (Phi) is 10.4. The van der Waals surface area contributed by atoms with Crippen LogP contribution in [0.2, 0.25) is 0 Å². The standard InChI is InChI=1S/C24H41NO3/c1-8-10-12-20(13-11-9-2)25(23(26)17-24(3,4)5)18-19-14-15-21(27-6)16-22(19)28-7/h14-16,20H,8-13,17-18H2,1-7H3. The second kappa shape index (κ2) is 12.0. The molecule has 0 bridgehead atoms. The molecule has 4 nitrogen and oxygen atoms in total. The number of amides is 1. The molecule has 28 heavy (non-hydrogen) atoms. The molecule has 1 rings (SSSR count). The van der Waals surface area contributed by atoms with Crippen molar-refractivity contribution in [1.29, 1.82) is 0 Å². The van der Waals surface area contributed by atoms with E-state index in [1.807, 2.05) is 18.2 Å². The van der Waals surface area contributed by atoms with Crippen LogP contribution in [0.3, 0.4) is 0 Å². The number of rotatable bonds is 12. The van der Waals surface area contributed by atoms with Gasteiger partial charge in [-0.1, -0.05) is 60.3 Å². The first-order valence-electron chi connectivity index (χ1n) is 10.8. The van der Waals surface area contributed by atoms with Crippen LogP contribution in [0.5, 0.6) is 11.5 Å². The predicted molar refractivity (Wildman–Crippen MR) is 117 cm³/mol. The zero-order valence-corrected chi connectivity index (χ0v) is 19.1. The smallest absolute Gasteiger partial charge is 0.223 e. The minimum absolute atomic E-state index is 0.0284. The highest BCUT2D eigenvalue weighted by molar-refractivity contribution is 5.77. The zero-order chi connectivity index (χ0) is 21.2. The van der Waals surface area contributed by atoms with Crippen molar-refractivity contribution >= 4 is 5.91 Å². The van der Waals surface area contributed by atoms with Gasteiger partial charge in [-0.2, -0.15) is 0 Å². The van der Waals surface area contributed by atoms with Crippen molar-refractivity contribution < 1.29 is 14.3 Å². The summed E-state index contributed by atoms with van der Waals surface area (Å²) in [4.78, 5) is 15.4. The minimum Gasteiger partial charge on any atom is -0.497 e. The third kappa shape index (κ3) is 8.12. The summed E-state index contributed by atoms with van der Waals surface area (Å²) in [5, 5.41) is 0. The molecule has 0 fully saturated rings. The number of carbonyl (C=O) groups is 1. The van der Waals surface area contributed by atoms with Gasteiger partial charge in [-0.3, -0.25) is 4.79 Å². The van der Waals surface area contributed by atoms with Gasteiger partial charge in [-0.05, 0) is 30.4 Å². The molecule has 0 aliphatic heterocycles. The highest BCUT2D eigenvalue weighted by atomic mass is 16.5. The molecule has 0 unspecified atom stereocenters. The Hall–Kier alpha value is -1.71. The van der Waals surface area contributed by atoms with Gasteiger partial charge >= 0.3 is 0 Å². The molecule has 0 N–H and O–H groups in total. The molecule has 0 spiro atoms. The highest BCUT2D eigenvalue weighted by Gasteiger charge is 2.27. The molecule has 160 valence electrons. The average molecular weight is 392 g/mol. The molecule has 0 saturated heterocycles. The Morgan fingerprint density at radius 3 is 2.11 bits per heavy atom. The molecule has 0 saturated carbocycles. The van der Waals surface area contributed by atoms with E-state index < -0.39 is 0 Å². The fourth-order valence-corrected chi connectivity index (χ4v) is 3.48. The largest absolute Gasteiger partial charge is 0.497 e. The van der Waals surface area contributed by atoms with E-state index in [-0.39, 0.29) is 17.4 Å². The van der Waals surface area contributed by atoms with E-state index in [0.29, 0.717) is 13.0 Å². The molecule has 4 heteroatoms. The molecule has 0 aliphatic carbocycles. The van der Waals surface area contributed by atoms with E-state index in [9.17, 15) is 4.79 Å². The number of benzene rings is 1. The molecule has 0 aliphatic rings. The summed E-state index contributed by atoms with van der Waals surface area (Å²) in [7, 11) is 3.32. The fourth-order valence-electron chi connectivity index (χ4n) is 3.48. The third-order valence-corrected chi connectivity index (χ3v) is 5.06. The summed E-state index contributed by atoms with van der Waals surface area (Å²) in [6.45, 7) is 11.4. The molecular weight excluding hydrogens is 350 g/mol. The molecule has 0 atom stereocenters. The van der Waals surface area contributed by atoms with E-state index in [0.717, 1.165) is 55.6 Å². The summed E-state index contributed by atoms with van der Waals surface area (Å²) in [6, 6.07) is 6.14. The summed E-state index contributed by atoms with van der Waals surface area (Å²) >= 11 is 0. The Morgan fingerprint density at radius 2 is 1.64 bits per heavy atom. The van der Waals surface area contributed by atoms with Crippen LogP contribution in [0, 0.1) is 5.41 Å². The van der Waals surface area contributed by atoms with Gasteiger partial charge in [0.15, 0.2) is 0 Å². The Labute approximate surface area is 172 Å². The summed E-state index contributed by atoms with van der Waals surface area (Å²) < 4.78 is 10.9. The fraction of sp³-hybridized carbons (Fsp3) is 0.708. The maximum absolute atomic E-state index is 13.3. The van der Waals surface area contributed by atoms with Crippen LogP contribution in [0.25, 0.3) is 0 Å². The van der Waals surface area contributed by atoms with Gasteiger partial charge in [0.2, 0.25) is 5.91 Å². The lowest BCUT2D eigenvalue weighted by Crippen LogP contribution is -2.41. The monoisotopic (exact) mass is 391 g/mol. The molecule has 0 heterocycles. The van der Waals surface area contributed by atoms with Gasteiger partial charge in [0.1, 0.15) is 11.5 Å². The predicted octanol–water partition coefficient (Wildman–Crippen LogP) is 6.22. The van der Waals surface area contributed by atoms with Crippen molar-refractivity contribution in [3.8, 4) is 11.5 Å². The van der Waals surface area contributed by atoms with Crippen LogP contribution in [0.15, 0.2) is 18.2 Å². The Morgan fingerprint density at radius 1 is 1.04 bits per heavy atom. The quantitative estimate of drug-likeness (QED) is 0.425. The molecule has 1 amide bonds. The SMILES string of the molecule is CCCCC(CCCC)N(Cc1ccc(OC)cc1OC)C(=O)CC(C)(C)C. The molecular formula is C24H41NO3. The van der Waals surface area contributed by atoms with Crippen molar-refractivity contribution in [2.45, 2.75) is 92.2 Å². The van der Waals surface area contributed by atoms with E-state index in [1.54, 1.807) is 14.2 Å². The number of carbonyl (C=O) groups excluding carboxylic acids is 1. The van der Waals surface area contributed by atoms with E-state index in [4.69, 9.17) is 9.47 Å². The number of nitrogens with zero attached hydrogens (tertiary/aromatic N) is 1. The van der Waals surface area contributed by atoms with Gasteiger partial charge in [-0.25, -0.2) is 0 Å². The Balaban J connectivity index is 3.19. The van der Waals surface area contributed by atoms with E-state index in [1.165, 1.54) is 0 Å². The normalized spacial score (nSPS) is 11.6. The number of hydrogen-bond donors (Lipinski definition) is 0. The van der Waals surface area contributed by atoms with Crippen molar-refractivity contribution in [2.75, 3.05) is 14.2 Å². The van der Waals surface area contributed by atoms with Crippen LogP contribution in [-0.2, 0) is 11.3 Å². The number of unbranched alkanes of at least 4 members (excludes halogenated alkanes) is 2. The number of methoxy groups -OCH3 is 2. The average Bonchev–Trinajstić information content (AvgIpc) is 2.65. The van der Waals surface area contributed by atoms with Crippen LogP contribution in [0.4, 0.5) is 0 Å². The number of hydrogen-bond acceptors (Lipinski definition) is 3. The second-order valence-electron chi connectivity index (χ2n) is 8.88. The van der Waals surface area contributed by atoms with Crippen molar-refractivity contribution in [3.05, 3.63) is 23.8 Å². The van der Waals surface area contributed by atoms with Crippen LogP contribution in [0.1, 0.15) is 85.1 Å². The summed E-state index contributed by atoms with van der Waals surface area (Å²) in [5.74, 6) is 1.78. The van der Waals surface area contributed by atoms with Crippen LogP contribution in [-0.4, -0.2) is 31.1 Å². The first-order valence-corrected chi connectivity index (χ1v) is 10.8.